The molecule has 88 valence electrons. The minimum atomic E-state index is 0.405. The summed E-state index contributed by atoms with van der Waals surface area (Å²) in [6.07, 6.45) is 5.77. The summed E-state index contributed by atoms with van der Waals surface area (Å²) in [4.78, 5) is 4.28. The number of ether oxygens (including phenoxy) is 1. The predicted molar refractivity (Wildman–Crippen MR) is 64.5 cm³/mol. The molecule has 2 rings (SSSR count). The maximum Gasteiger partial charge on any atom is 0.217 e. The molecule has 1 aliphatic rings. The maximum atomic E-state index is 5.34. The zero-order chi connectivity index (χ0) is 11.4. The zero-order valence-corrected chi connectivity index (χ0v) is 10.1. The van der Waals surface area contributed by atoms with Gasteiger partial charge in [-0.05, 0) is 31.4 Å². The molecule has 1 aromatic heterocycles. The monoisotopic (exact) mass is 220 g/mol. The number of pyridine rings is 1. The first-order valence-corrected chi connectivity index (χ1v) is 6.09. The Morgan fingerprint density at radius 1 is 1.56 bits per heavy atom. The molecule has 1 saturated carbocycles. The summed E-state index contributed by atoms with van der Waals surface area (Å²) in [6.45, 7) is 3.13. The van der Waals surface area contributed by atoms with Gasteiger partial charge < -0.3 is 10.1 Å². The van der Waals surface area contributed by atoms with Crippen molar-refractivity contribution in [2.24, 2.45) is 5.92 Å². The van der Waals surface area contributed by atoms with E-state index in [1.54, 1.807) is 13.3 Å². The summed E-state index contributed by atoms with van der Waals surface area (Å²) in [7, 11) is 1.69. The second-order valence-electron chi connectivity index (χ2n) is 4.33. The van der Waals surface area contributed by atoms with E-state index < -0.39 is 0 Å². The van der Waals surface area contributed by atoms with Gasteiger partial charge in [0.25, 0.3) is 0 Å². The van der Waals surface area contributed by atoms with E-state index in [1.807, 2.05) is 6.07 Å². The maximum absolute atomic E-state index is 5.34. The van der Waals surface area contributed by atoms with E-state index in [9.17, 15) is 0 Å². The number of methoxy groups -OCH3 is 1. The third-order valence-corrected chi connectivity index (χ3v) is 3.37. The van der Waals surface area contributed by atoms with Gasteiger partial charge >= 0.3 is 0 Å². The van der Waals surface area contributed by atoms with Crippen molar-refractivity contribution in [2.45, 2.75) is 32.2 Å². The molecule has 1 heterocycles. The van der Waals surface area contributed by atoms with Crippen molar-refractivity contribution in [2.75, 3.05) is 13.7 Å². The van der Waals surface area contributed by atoms with Gasteiger partial charge in [-0.3, -0.25) is 0 Å². The number of nitrogens with zero attached hydrogens (tertiary/aromatic N) is 1. The predicted octanol–water partition coefficient (Wildman–Crippen LogP) is 2.54. The minimum Gasteiger partial charge on any atom is -0.481 e. The zero-order valence-electron chi connectivity index (χ0n) is 10.1. The molecule has 3 heteroatoms. The molecule has 1 aromatic rings. The molecule has 1 atom stereocenters. The molecule has 1 unspecified atom stereocenters. The Labute approximate surface area is 97.2 Å². The first-order chi connectivity index (χ1) is 7.86. The molecule has 3 nitrogen and oxygen atoms in total. The molecule has 1 N–H and O–H groups in total. The third kappa shape index (κ3) is 2.19. The molecule has 0 amide bonds. The molecule has 1 fully saturated rings. The molecular formula is C13H20N2O. The molecule has 16 heavy (non-hydrogen) atoms. The van der Waals surface area contributed by atoms with Gasteiger partial charge in [-0.2, -0.15) is 0 Å². The summed E-state index contributed by atoms with van der Waals surface area (Å²) in [5.41, 5.74) is 1.21. The van der Waals surface area contributed by atoms with E-state index in [4.69, 9.17) is 4.74 Å². The molecular weight excluding hydrogens is 200 g/mol. The molecule has 0 bridgehead atoms. The van der Waals surface area contributed by atoms with E-state index in [1.165, 1.54) is 24.8 Å². The van der Waals surface area contributed by atoms with Crippen LogP contribution in [0, 0.1) is 5.92 Å². The van der Waals surface area contributed by atoms with Crippen LogP contribution in [-0.4, -0.2) is 18.6 Å². The molecule has 0 aliphatic heterocycles. The van der Waals surface area contributed by atoms with E-state index in [0.29, 0.717) is 6.04 Å². The Kier molecular flexibility index (Phi) is 3.78. The van der Waals surface area contributed by atoms with Gasteiger partial charge in [0.1, 0.15) is 0 Å². The topological polar surface area (TPSA) is 34.2 Å². The highest BCUT2D eigenvalue weighted by molar-refractivity contribution is 5.29. The Bertz CT molecular complexity index is 336. The lowest BCUT2D eigenvalue weighted by atomic mass is 9.77. The van der Waals surface area contributed by atoms with Gasteiger partial charge in [-0.25, -0.2) is 4.98 Å². The number of nitrogens with one attached hydrogen (secondary N) is 1. The summed E-state index contributed by atoms with van der Waals surface area (Å²) in [5.74, 6) is 1.51. The van der Waals surface area contributed by atoms with Crippen LogP contribution >= 0.6 is 0 Å². The smallest absolute Gasteiger partial charge is 0.217 e. The van der Waals surface area contributed by atoms with Crippen LogP contribution in [-0.2, 0) is 0 Å². The van der Waals surface area contributed by atoms with Crippen LogP contribution in [0.25, 0.3) is 0 Å². The summed E-state index contributed by atoms with van der Waals surface area (Å²) in [6, 6.07) is 4.51. The quantitative estimate of drug-likeness (QED) is 0.828. The Morgan fingerprint density at radius 2 is 2.38 bits per heavy atom. The van der Waals surface area contributed by atoms with Crippen LogP contribution in [0.15, 0.2) is 18.3 Å². The first kappa shape index (κ1) is 11.4. The first-order valence-electron chi connectivity index (χ1n) is 6.09. The lowest BCUT2D eigenvalue weighted by Crippen LogP contribution is -2.32. The van der Waals surface area contributed by atoms with Gasteiger partial charge in [0.2, 0.25) is 5.88 Å². The van der Waals surface area contributed by atoms with Crippen molar-refractivity contribution in [3.05, 3.63) is 23.9 Å². The number of hydrogen-bond acceptors (Lipinski definition) is 3. The highest BCUT2D eigenvalue weighted by atomic mass is 16.5. The fourth-order valence-electron chi connectivity index (χ4n) is 2.33. The molecule has 1 aliphatic carbocycles. The van der Waals surface area contributed by atoms with E-state index in [2.05, 4.69) is 23.3 Å². The molecule has 0 aromatic carbocycles. The minimum absolute atomic E-state index is 0.405. The Balaban J connectivity index is 2.22. The average molecular weight is 220 g/mol. The van der Waals surface area contributed by atoms with Crippen LogP contribution < -0.4 is 10.1 Å². The van der Waals surface area contributed by atoms with Crippen molar-refractivity contribution < 1.29 is 4.74 Å². The highest BCUT2D eigenvalue weighted by Crippen LogP contribution is 2.39. The van der Waals surface area contributed by atoms with Crippen LogP contribution in [0.2, 0.25) is 0 Å². The number of hydrogen-bond donors (Lipinski definition) is 1. The lowest BCUT2D eigenvalue weighted by molar-refractivity contribution is 0.227. The van der Waals surface area contributed by atoms with Crippen molar-refractivity contribution in [3.63, 3.8) is 0 Å². The van der Waals surface area contributed by atoms with Gasteiger partial charge in [0, 0.05) is 17.8 Å². The fourth-order valence-corrected chi connectivity index (χ4v) is 2.33. The second kappa shape index (κ2) is 5.30. The average Bonchev–Trinajstić information content (AvgIpc) is 2.26. The van der Waals surface area contributed by atoms with Gasteiger partial charge in [-0.15, -0.1) is 0 Å². The van der Waals surface area contributed by atoms with E-state index in [0.717, 1.165) is 18.3 Å². The van der Waals surface area contributed by atoms with Crippen LogP contribution in [0.5, 0.6) is 5.88 Å². The lowest BCUT2D eigenvalue weighted by Gasteiger charge is -2.34. The van der Waals surface area contributed by atoms with Crippen molar-refractivity contribution in [1.82, 2.24) is 10.3 Å². The largest absolute Gasteiger partial charge is 0.481 e. The van der Waals surface area contributed by atoms with Crippen molar-refractivity contribution in [3.8, 4) is 5.88 Å². The van der Waals surface area contributed by atoms with Gasteiger partial charge in [0.15, 0.2) is 0 Å². The second-order valence-corrected chi connectivity index (χ2v) is 4.33. The molecule has 0 saturated heterocycles. The van der Waals surface area contributed by atoms with Gasteiger partial charge in [-0.1, -0.05) is 19.4 Å². The van der Waals surface area contributed by atoms with Crippen molar-refractivity contribution in [1.29, 1.82) is 0 Å². The fraction of sp³-hybridized carbons (Fsp3) is 0.615. The number of aromatic nitrogens is 1. The van der Waals surface area contributed by atoms with E-state index >= 15 is 0 Å². The highest BCUT2D eigenvalue weighted by Gasteiger charge is 2.29. The van der Waals surface area contributed by atoms with E-state index in [-0.39, 0.29) is 0 Å². The normalized spacial score (nSPS) is 17.9. The third-order valence-electron chi connectivity index (χ3n) is 3.37. The van der Waals surface area contributed by atoms with Crippen molar-refractivity contribution >= 4 is 0 Å². The number of rotatable bonds is 5. The standard InChI is InChI=1S/C13H20N2O/c1-3-14-12(10-6-4-7-10)11-8-5-9-15-13(11)16-2/h5,8-10,12,14H,3-4,6-7H2,1-2H3. The summed E-state index contributed by atoms with van der Waals surface area (Å²) >= 11 is 0. The SMILES string of the molecule is CCNC(c1cccnc1OC)C1CCC1. The summed E-state index contributed by atoms with van der Waals surface area (Å²) in [5, 5.41) is 3.56. The van der Waals surface area contributed by atoms with Gasteiger partial charge in [0.05, 0.1) is 7.11 Å². The molecule has 0 radical (unpaired) electrons. The van der Waals surface area contributed by atoms with Crippen LogP contribution in [0.4, 0.5) is 0 Å². The summed E-state index contributed by atoms with van der Waals surface area (Å²) < 4.78 is 5.34. The van der Waals surface area contributed by atoms with Crippen LogP contribution in [0.3, 0.4) is 0 Å². The molecule has 0 spiro atoms. The Hall–Kier alpha value is -1.09. The Morgan fingerprint density at radius 3 is 2.94 bits per heavy atom. The van der Waals surface area contributed by atoms with Crippen LogP contribution in [0.1, 0.15) is 37.8 Å².